The molecule has 0 aromatic carbocycles. The van der Waals surface area contributed by atoms with E-state index in [1.165, 1.54) is 19.6 Å². The monoisotopic (exact) mass is 688 g/mol. The maximum Gasteiger partial charge on any atom is 0.551 e. The summed E-state index contributed by atoms with van der Waals surface area (Å²) in [6, 6.07) is 0. The highest BCUT2D eigenvalue weighted by atomic mass is 28.3. The van der Waals surface area contributed by atoms with Crippen molar-refractivity contribution in [3.05, 3.63) is 11.7 Å². The van der Waals surface area contributed by atoms with E-state index < -0.39 is 95.1 Å². The normalized spacial score (nSPS) is 29.3. The third-order valence-electron chi connectivity index (χ3n) is 13.7. The third kappa shape index (κ3) is 4.51. The number of allylic oxidation sites excluding steroid dienone is 2. The number of hydrogen-bond acceptors (Lipinski definition) is 0. The molecule has 0 saturated carbocycles. The molecule has 0 spiro atoms. The van der Waals surface area contributed by atoms with E-state index in [1.54, 1.807) is 125 Å². The number of alkyl halides is 3. The van der Waals surface area contributed by atoms with Crippen molar-refractivity contribution >= 4 is 31.5 Å². The fourth-order valence-electron chi connectivity index (χ4n) is 10.2. The van der Waals surface area contributed by atoms with Crippen LogP contribution >= 0.6 is 0 Å². The van der Waals surface area contributed by atoms with Gasteiger partial charge in [0.2, 0.25) is 0 Å². The van der Waals surface area contributed by atoms with Gasteiger partial charge in [-0.05, 0) is 30.2 Å². The molecule has 0 saturated heterocycles. The summed E-state index contributed by atoms with van der Waals surface area (Å²) in [6.07, 6.45) is -3.38. The van der Waals surface area contributed by atoms with Crippen molar-refractivity contribution < 1.29 is 30.6 Å². The van der Waals surface area contributed by atoms with E-state index in [-0.39, 0.29) is 0 Å². The molecule has 0 aromatic heterocycles. The van der Waals surface area contributed by atoms with Gasteiger partial charge < -0.3 is 0 Å². The van der Waals surface area contributed by atoms with Crippen molar-refractivity contribution in [3.63, 3.8) is 0 Å². The van der Waals surface area contributed by atoms with Crippen LogP contribution in [0.3, 0.4) is 0 Å². The Morgan fingerprint density at radius 2 is 0.773 bits per heavy atom. The van der Waals surface area contributed by atoms with Gasteiger partial charge in [-0.1, -0.05) is 144 Å². The van der Waals surface area contributed by atoms with Crippen molar-refractivity contribution in [3.8, 4) is 0 Å². The molecular weight excluding hydrogens is 624 g/mol. The summed E-state index contributed by atoms with van der Waals surface area (Å²) in [5.41, 5.74) is 0. The second-order valence-electron chi connectivity index (χ2n) is 20.4. The molecule has 260 valence electrons. The van der Waals surface area contributed by atoms with Gasteiger partial charge in [-0.25, -0.2) is 22.0 Å². The summed E-state index contributed by atoms with van der Waals surface area (Å²) in [5, 5.41) is -14.7. The Morgan fingerprint density at radius 1 is 0.523 bits per heavy atom. The number of rotatable bonds is 4. The van der Waals surface area contributed by atoms with Gasteiger partial charge in [-0.15, -0.1) is 0 Å². The highest BCUT2D eigenvalue weighted by Crippen LogP contribution is 2.83. The summed E-state index contributed by atoms with van der Waals surface area (Å²) in [6.45, 7) is 34.6. The van der Waals surface area contributed by atoms with Crippen LogP contribution in [-0.2, 0) is 0 Å². The van der Waals surface area contributed by atoms with Crippen LogP contribution in [0.5, 0.6) is 0 Å². The molecule has 0 nitrogen and oxygen atoms in total. The van der Waals surface area contributed by atoms with Crippen molar-refractivity contribution in [1.82, 2.24) is 0 Å². The van der Waals surface area contributed by atoms with Crippen LogP contribution in [0, 0.1) is 0 Å². The van der Waals surface area contributed by atoms with E-state index in [9.17, 15) is 0 Å². The minimum Gasteiger partial charge on any atom is -0.286 e. The zero-order chi connectivity index (χ0) is 36.3. The molecule has 0 amide bonds. The zero-order valence-electron chi connectivity index (χ0n) is 31.8. The van der Waals surface area contributed by atoms with Gasteiger partial charge in [-0.2, -0.15) is 0 Å². The molecule has 4 unspecified atom stereocenters. The molecule has 0 heterocycles. The first-order chi connectivity index (χ1) is 18.7. The van der Waals surface area contributed by atoms with E-state index in [1.807, 2.05) is 0 Å². The van der Waals surface area contributed by atoms with E-state index in [4.69, 9.17) is 0 Å². The Kier molecular flexibility index (Phi) is 10.2. The van der Waals surface area contributed by atoms with Gasteiger partial charge in [0.05, 0.1) is 13.0 Å². The van der Waals surface area contributed by atoms with Crippen molar-refractivity contribution in [2.24, 2.45) is 0 Å². The first kappa shape index (κ1) is 42.0. The van der Waals surface area contributed by atoms with Gasteiger partial charge in [0.25, 0.3) is 0 Å². The average Bonchev–Trinajstić information content (AvgIpc) is 2.75. The van der Waals surface area contributed by atoms with Crippen molar-refractivity contribution in [2.45, 2.75) is 196 Å². The number of halogens is 7. The maximum atomic E-state index is 20.6. The minimum absolute atomic E-state index is 1.16. The van der Waals surface area contributed by atoms with Crippen LogP contribution in [-0.4, -0.2) is 48.2 Å². The predicted octanol–water partition coefficient (Wildman–Crippen LogP) is 13.7. The summed E-state index contributed by atoms with van der Waals surface area (Å²) in [7, 11) is -17.2. The molecule has 0 fully saturated rings. The Balaban J connectivity index is 5.46. The fourth-order valence-corrected chi connectivity index (χ4v) is 31.9. The van der Waals surface area contributed by atoms with E-state index in [0.29, 0.717) is 0 Å². The lowest BCUT2D eigenvalue weighted by molar-refractivity contribution is -0.0347. The summed E-state index contributed by atoms with van der Waals surface area (Å²) in [5.74, 6) is -4.30. The van der Waals surface area contributed by atoms with E-state index in [2.05, 4.69) is 0 Å². The highest BCUT2D eigenvalue weighted by Gasteiger charge is 2.95. The van der Waals surface area contributed by atoms with Gasteiger partial charge in [-0.3, -0.25) is 8.63 Å². The van der Waals surface area contributed by atoms with Gasteiger partial charge in [0, 0.05) is 0 Å². The van der Waals surface area contributed by atoms with Gasteiger partial charge >= 0.3 is 7.27 Å². The second-order valence-corrected chi connectivity index (χ2v) is 38.3. The third-order valence-corrected chi connectivity index (χ3v) is 38.8. The molecule has 1 rings (SSSR count). The lowest BCUT2D eigenvalue weighted by Crippen LogP contribution is -2.91. The lowest BCUT2D eigenvalue weighted by atomic mass is 9.66. The fraction of sp³-hybridized carbons (Fsp3) is 0.939. The SMILES string of the molecule is CC(C)(C)[Si](C)(C(C)(C)C)C1(B(F)F)C(F)=C(F)C(F)C(F)([Si](C)(C(C)(C)C)C(C)(C)C)C1(F)[Si](C)(C(C)(C)C)C(C)(C)C. The average molecular weight is 689 g/mol. The molecule has 1 aliphatic carbocycles. The second kappa shape index (κ2) is 10.7. The molecular formula is C33H64BF7Si3. The topological polar surface area (TPSA) is 0 Å². The van der Waals surface area contributed by atoms with Crippen molar-refractivity contribution in [2.75, 3.05) is 0 Å². The molecule has 4 atom stereocenters. The smallest absolute Gasteiger partial charge is 0.286 e. The Hall–Kier alpha value is -0.0344. The number of hydrogen-bond donors (Lipinski definition) is 0. The molecule has 1 aliphatic rings. The Bertz CT molecular complexity index is 1090. The first-order valence-electron chi connectivity index (χ1n) is 16.0. The van der Waals surface area contributed by atoms with Gasteiger partial charge in [0.15, 0.2) is 17.3 Å². The molecule has 11 heteroatoms. The maximum absolute atomic E-state index is 20.6. The molecule has 44 heavy (non-hydrogen) atoms. The van der Waals surface area contributed by atoms with Crippen LogP contribution < -0.4 is 0 Å². The minimum atomic E-state index is -4.49. The highest BCUT2D eigenvalue weighted by molar-refractivity contribution is 7.02. The molecule has 0 bridgehead atoms. The van der Waals surface area contributed by atoms with E-state index in [0.717, 1.165) is 0 Å². The summed E-state index contributed by atoms with van der Waals surface area (Å²) < 4.78 is 126. The standard InChI is InChI=1S/C33H64BF7Si3/c1-25(2,3)42(19,26(4,5)6)31(34(40)41)23(36)22(35)24(37)32(38,43(20,27(7,8)9)28(10,11)12)33(31,39)44(21,29(13,14)15)30(16,17)18/h24H,1-21H3. The zero-order valence-corrected chi connectivity index (χ0v) is 34.8. The predicted molar refractivity (Wildman–Crippen MR) is 186 cm³/mol. The van der Waals surface area contributed by atoms with Crippen LogP contribution in [0.25, 0.3) is 0 Å². The summed E-state index contributed by atoms with van der Waals surface area (Å²) in [4.78, 5) is -3.55. The van der Waals surface area contributed by atoms with Gasteiger partial charge in [0.1, 0.15) is 27.3 Å². The molecule has 0 aliphatic heterocycles. The Morgan fingerprint density at radius 3 is 0.977 bits per heavy atom. The van der Waals surface area contributed by atoms with Crippen LogP contribution in [0.2, 0.25) is 54.8 Å². The largest absolute Gasteiger partial charge is 0.551 e. The lowest BCUT2D eigenvalue weighted by Gasteiger charge is -2.76. The Labute approximate surface area is 269 Å². The summed E-state index contributed by atoms with van der Waals surface area (Å²) >= 11 is 0. The van der Waals surface area contributed by atoms with Crippen molar-refractivity contribution in [1.29, 1.82) is 0 Å². The molecule has 0 N–H and O–H groups in total. The van der Waals surface area contributed by atoms with Crippen LogP contribution in [0.1, 0.15) is 125 Å². The molecule has 0 radical (unpaired) electrons. The van der Waals surface area contributed by atoms with Crippen LogP contribution in [0.15, 0.2) is 11.7 Å². The van der Waals surface area contributed by atoms with Crippen LogP contribution in [0.4, 0.5) is 30.6 Å². The molecule has 0 aromatic rings. The first-order valence-corrected chi connectivity index (χ1v) is 23.5. The van der Waals surface area contributed by atoms with E-state index >= 15 is 30.6 Å². The quantitative estimate of drug-likeness (QED) is 0.204.